The van der Waals surface area contributed by atoms with Crippen LogP contribution in [0.1, 0.15) is 156 Å². The minimum atomic E-state index is 0. The van der Waals surface area contributed by atoms with E-state index in [9.17, 15) is 0 Å². The van der Waals surface area contributed by atoms with E-state index in [1.807, 2.05) is 0 Å². The zero-order valence-electron chi connectivity index (χ0n) is 28.8. The number of piperazine rings is 1. The molecule has 0 amide bonds. The maximum atomic E-state index is 7.09. The molecular formula is C35H75BrN4O2. The SMILES string of the molecule is CCCCCCCCCCC(C)OCCC1CN(CCCN)CC[N+]1(N)CCOC(C)CCCCCCCCCC.[Br-]. The lowest BCUT2D eigenvalue weighted by atomic mass is 10.1. The Morgan fingerprint density at radius 1 is 0.714 bits per heavy atom. The zero-order valence-corrected chi connectivity index (χ0v) is 30.4. The van der Waals surface area contributed by atoms with E-state index in [4.69, 9.17) is 21.1 Å². The lowest BCUT2D eigenvalue weighted by Crippen LogP contribution is -3.00. The third kappa shape index (κ3) is 21.9. The predicted octanol–water partition coefficient (Wildman–Crippen LogP) is 4.98. The average Bonchev–Trinajstić information content (AvgIpc) is 2.96. The number of hydrogen-bond acceptors (Lipinski definition) is 5. The van der Waals surface area contributed by atoms with Gasteiger partial charge in [0.05, 0.1) is 32.0 Å². The second kappa shape index (κ2) is 28.7. The van der Waals surface area contributed by atoms with Crippen LogP contribution in [0.3, 0.4) is 0 Å². The molecule has 4 atom stereocenters. The maximum Gasteiger partial charge on any atom is 0.121 e. The van der Waals surface area contributed by atoms with Crippen molar-refractivity contribution in [2.45, 2.75) is 174 Å². The van der Waals surface area contributed by atoms with Gasteiger partial charge in [0.15, 0.2) is 0 Å². The smallest absolute Gasteiger partial charge is 0.121 e. The molecule has 0 spiro atoms. The van der Waals surface area contributed by atoms with Gasteiger partial charge >= 0.3 is 0 Å². The Hall–Kier alpha value is 0.240. The zero-order chi connectivity index (χ0) is 30.0. The van der Waals surface area contributed by atoms with Gasteiger partial charge in [-0.2, -0.15) is 5.84 Å². The van der Waals surface area contributed by atoms with Crippen molar-refractivity contribution in [3.63, 3.8) is 0 Å². The molecule has 1 saturated heterocycles. The molecule has 0 saturated carbocycles. The van der Waals surface area contributed by atoms with E-state index in [1.54, 1.807) is 0 Å². The van der Waals surface area contributed by atoms with Crippen LogP contribution in [0.25, 0.3) is 0 Å². The maximum absolute atomic E-state index is 7.09. The Morgan fingerprint density at radius 3 is 1.69 bits per heavy atom. The summed E-state index contributed by atoms with van der Waals surface area (Å²) in [5.74, 6) is 7.09. The summed E-state index contributed by atoms with van der Waals surface area (Å²) < 4.78 is 13.2. The summed E-state index contributed by atoms with van der Waals surface area (Å²) in [6, 6.07) is 0.392. The fraction of sp³-hybridized carbons (Fsp3) is 1.00. The summed E-state index contributed by atoms with van der Waals surface area (Å²) in [5, 5.41) is 0. The molecule has 1 aliphatic rings. The number of quaternary nitrogens is 1. The minimum absolute atomic E-state index is 0. The molecular weight excluding hydrogens is 588 g/mol. The van der Waals surface area contributed by atoms with Crippen LogP contribution in [0, 0.1) is 0 Å². The molecule has 1 heterocycles. The number of unbranched alkanes of at least 4 members (excludes halogenated alkanes) is 14. The number of nitrogens with two attached hydrogens (primary N) is 2. The van der Waals surface area contributed by atoms with E-state index in [1.165, 1.54) is 116 Å². The first-order valence-corrected chi connectivity index (χ1v) is 18.3. The van der Waals surface area contributed by atoms with Crippen molar-refractivity contribution in [2.24, 2.45) is 11.6 Å². The normalized spacial score (nSPS) is 20.9. The third-order valence-corrected chi connectivity index (χ3v) is 9.40. The molecule has 6 nitrogen and oxygen atoms in total. The number of nitrogens with zero attached hydrogens (tertiary/aromatic N) is 2. The van der Waals surface area contributed by atoms with Gasteiger partial charge < -0.3 is 32.2 Å². The van der Waals surface area contributed by atoms with Crippen LogP contribution in [-0.4, -0.2) is 80.2 Å². The Labute approximate surface area is 273 Å². The summed E-state index contributed by atoms with van der Waals surface area (Å²) in [7, 11) is 0. The first kappa shape index (κ1) is 42.2. The number of halogens is 1. The average molecular weight is 664 g/mol. The molecule has 4 N–H and O–H groups in total. The first-order chi connectivity index (χ1) is 19.9. The summed E-state index contributed by atoms with van der Waals surface area (Å²) in [6.45, 7) is 16.4. The van der Waals surface area contributed by atoms with Gasteiger partial charge in [0.2, 0.25) is 0 Å². The molecule has 4 unspecified atom stereocenters. The molecule has 1 aliphatic heterocycles. The molecule has 0 aromatic carbocycles. The van der Waals surface area contributed by atoms with Crippen molar-refractivity contribution < 1.29 is 31.0 Å². The van der Waals surface area contributed by atoms with Crippen molar-refractivity contribution in [1.82, 2.24) is 4.90 Å². The molecule has 0 aromatic heterocycles. The van der Waals surface area contributed by atoms with Gasteiger partial charge in [0.1, 0.15) is 19.1 Å². The highest BCUT2D eigenvalue weighted by atomic mass is 79.9. The minimum Gasteiger partial charge on any atom is -1.00 e. The predicted molar refractivity (Wildman–Crippen MR) is 178 cm³/mol. The second-order valence-electron chi connectivity index (χ2n) is 13.3. The van der Waals surface area contributed by atoms with Crippen molar-refractivity contribution in [2.75, 3.05) is 52.5 Å². The Kier molecular flexibility index (Phi) is 28.9. The van der Waals surface area contributed by atoms with E-state index < -0.39 is 0 Å². The molecule has 0 radical (unpaired) electrons. The number of rotatable bonds is 29. The van der Waals surface area contributed by atoms with Crippen LogP contribution < -0.4 is 28.6 Å². The lowest BCUT2D eigenvalue weighted by Gasteiger charge is -2.47. The molecule has 0 aromatic rings. The van der Waals surface area contributed by atoms with Crippen LogP contribution in [-0.2, 0) is 9.47 Å². The van der Waals surface area contributed by atoms with Gasteiger partial charge in [0.25, 0.3) is 0 Å². The Bertz CT molecular complexity index is 573. The van der Waals surface area contributed by atoms with Gasteiger partial charge in [-0.3, -0.25) is 4.90 Å². The second-order valence-corrected chi connectivity index (χ2v) is 13.3. The van der Waals surface area contributed by atoms with E-state index in [-0.39, 0.29) is 17.0 Å². The topological polar surface area (TPSA) is 73.7 Å². The summed E-state index contributed by atoms with van der Waals surface area (Å²) in [4.78, 5) is 2.57. The molecule has 0 bridgehead atoms. The number of ether oxygens (including phenoxy) is 2. The van der Waals surface area contributed by atoms with Crippen LogP contribution in [0.5, 0.6) is 0 Å². The molecule has 1 fully saturated rings. The standard InChI is InChI=1S/C35H75N4O2.BrH/c1-5-7-9-11-13-15-17-19-22-33(3)40-30-24-35-32-38(26-21-25-36)27-28-39(35,37)29-31-41-34(4)23-20-18-16-14-12-10-8-6-2;/h33-35H,5-32,36-37H2,1-4H3;1H/q+1;/p-1. The van der Waals surface area contributed by atoms with Gasteiger partial charge in [-0.25, -0.2) is 4.59 Å². The monoisotopic (exact) mass is 663 g/mol. The van der Waals surface area contributed by atoms with Crippen molar-refractivity contribution in [1.29, 1.82) is 0 Å². The number of hydrogen-bond donors (Lipinski definition) is 2. The van der Waals surface area contributed by atoms with Crippen LogP contribution in [0.2, 0.25) is 0 Å². The molecule has 0 aliphatic carbocycles. The Morgan fingerprint density at radius 2 is 1.19 bits per heavy atom. The Balaban J connectivity index is 0.0000168. The highest BCUT2D eigenvalue weighted by Gasteiger charge is 2.39. The summed E-state index contributed by atoms with van der Waals surface area (Å²) in [5.41, 5.74) is 5.81. The molecule has 254 valence electrons. The van der Waals surface area contributed by atoms with E-state index in [0.717, 1.165) is 65.3 Å². The third-order valence-electron chi connectivity index (χ3n) is 9.40. The van der Waals surface area contributed by atoms with Gasteiger partial charge in [-0.1, -0.05) is 117 Å². The van der Waals surface area contributed by atoms with Crippen LogP contribution >= 0.6 is 0 Å². The highest BCUT2D eigenvalue weighted by molar-refractivity contribution is 4.73. The van der Waals surface area contributed by atoms with Crippen molar-refractivity contribution in [3.8, 4) is 0 Å². The largest absolute Gasteiger partial charge is 1.00 e. The fourth-order valence-corrected chi connectivity index (χ4v) is 6.35. The van der Waals surface area contributed by atoms with Crippen molar-refractivity contribution >= 4 is 0 Å². The highest BCUT2D eigenvalue weighted by Crippen LogP contribution is 2.20. The van der Waals surface area contributed by atoms with Gasteiger partial charge in [-0.05, 0) is 46.2 Å². The summed E-state index contributed by atoms with van der Waals surface area (Å²) in [6.07, 6.45) is 27.0. The van der Waals surface area contributed by atoms with E-state index in [2.05, 4.69) is 32.6 Å². The van der Waals surface area contributed by atoms with E-state index >= 15 is 0 Å². The van der Waals surface area contributed by atoms with E-state index in [0.29, 0.717) is 22.8 Å². The van der Waals surface area contributed by atoms with Gasteiger partial charge in [0, 0.05) is 13.0 Å². The lowest BCUT2D eigenvalue weighted by molar-refractivity contribution is -0.967. The first-order valence-electron chi connectivity index (χ1n) is 18.3. The molecule has 7 heteroatoms. The molecule has 42 heavy (non-hydrogen) atoms. The summed E-state index contributed by atoms with van der Waals surface area (Å²) >= 11 is 0. The molecule has 1 rings (SSSR count). The van der Waals surface area contributed by atoms with Crippen LogP contribution in [0.15, 0.2) is 0 Å². The van der Waals surface area contributed by atoms with Crippen molar-refractivity contribution in [3.05, 3.63) is 0 Å². The fourth-order valence-electron chi connectivity index (χ4n) is 6.35. The quantitative estimate of drug-likeness (QED) is 0.0672. The van der Waals surface area contributed by atoms with Gasteiger partial charge in [-0.15, -0.1) is 0 Å². The van der Waals surface area contributed by atoms with Crippen LogP contribution in [0.4, 0.5) is 0 Å².